The van der Waals surface area contributed by atoms with Crippen molar-refractivity contribution in [2.45, 2.75) is 13.3 Å². The topological polar surface area (TPSA) is 66.4 Å². The number of carbonyl (C=O) groups excluding carboxylic acids is 1. The van der Waals surface area contributed by atoms with Gasteiger partial charge in [-0.3, -0.25) is 4.79 Å². The Morgan fingerprint density at radius 3 is 2.71 bits per heavy atom. The average Bonchev–Trinajstić information content (AvgIpc) is 2.81. The van der Waals surface area contributed by atoms with Gasteiger partial charge in [-0.25, -0.2) is 9.18 Å². The zero-order chi connectivity index (χ0) is 15.6. The van der Waals surface area contributed by atoms with Crippen LogP contribution >= 0.6 is 22.9 Å². The Morgan fingerprint density at radius 2 is 2.14 bits per heavy atom. The van der Waals surface area contributed by atoms with Crippen LogP contribution in [0, 0.1) is 5.82 Å². The van der Waals surface area contributed by atoms with Crippen molar-refractivity contribution in [1.29, 1.82) is 0 Å². The van der Waals surface area contributed by atoms with Gasteiger partial charge >= 0.3 is 5.97 Å². The molecule has 0 radical (unpaired) electrons. The molecular weight excluding hydrogens is 317 g/mol. The number of halogens is 2. The van der Waals surface area contributed by atoms with E-state index in [9.17, 15) is 14.0 Å². The van der Waals surface area contributed by atoms with Crippen molar-refractivity contribution < 1.29 is 19.1 Å². The maximum Gasteiger partial charge on any atom is 0.338 e. The molecular formula is C14H11ClFNO3S. The molecule has 1 aromatic carbocycles. The van der Waals surface area contributed by atoms with Crippen molar-refractivity contribution in [2.24, 2.45) is 0 Å². The average molecular weight is 328 g/mol. The predicted octanol–water partition coefficient (Wildman–Crippen LogP) is 4.05. The summed E-state index contributed by atoms with van der Waals surface area (Å²) in [7, 11) is 0. The number of aromatic carboxylic acids is 1. The van der Waals surface area contributed by atoms with Crippen LogP contribution in [0.3, 0.4) is 0 Å². The first-order valence-electron chi connectivity index (χ1n) is 6.05. The van der Waals surface area contributed by atoms with E-state index >= 15 is 0 Å². The molecule has 0 bridgehead atoms. The summed E-state index contributed by atoms with van der Waals surface area (Å²) in [6.07, 6.45) is 0.640. The first kappa shape index (κ1) is 15.5. The number of nitrogens with one attached hydrogen (secondary N) is 1. The van der Waals surface area contributed by atoms with E-state index in [1.54, 1.807) is 0 Å². The van der Waals surface area contributed by atoms with E-state index in [0.29, 0.717) is 6.42 Å². The fraction of sp³-hybridized carbons (Fsp3) is 0.143. The van der Waals surface area contributed by atoms with Crippen molar-refractivity contribution in [3.63, 3.8) is 0 Å². The summed E-state index contributed by atoms with van der Waals surface area (Å²) in [5.74, 6) is -2.69. The van der Waals surface area contributed by atoms with Gasteiger partial charge in [0.1, 0.15) is 10.8 Å². The van der Waals surface area contributed by atoms with E-state index in [-0.39, 0.29) is 21.2 Å². The fourth-order valence-electron chi connectivity index (χ4n) is 1.75. The third-order valence-electron chi connectivity index (χ3n) is 2.78. The Morgan fingerprint density at radius 1 is 1.43 bits per heavy atom. The highest BCUT2D eigenvalue weighted by Gasteiger charge is 2.20. The fourth-order valence-corrected chi connectivity index (χ4v) is 2.98. The SMILES string of the molecule is CCc1cc(C(=O)O)c(NC(=O)c2c(F)cccc2Cl)s1. The maximum atomic E-state index is 13.7. The summed E-state index contributed by atoms with van der Waals surface area (Å²) in [6.45, 7) is 1.87. The van der Waals surface area contributed by atoms with Gasteiger partial charge in [-0.05, 0) is 24.6 Å². The van der Waals surface area contributed by atoms with Gasteiger partial charge in [-0.1, -0.05) is 24.6 Å². The van der Waals surface area contributed by atoms with Crippen LogP contribution in [-0.4, -0.2) is 17.0 Å². The lowest BCUT2D eigenvalue weighted by Gasteiger charge is -2.06. The van der Waals surface area contributed by atoms with Crippen molar-refractivity contribution in [2.75, 3.05) is 5.32 Å². The minimum Gasteiger partial charge on any atom is -0.478 e. The molecule has 0 fully saturated rings. The summed E-state index contributed by atoms with van der Waals surface area (Å²) in [4.78, 5) is 24.1. The summed E-state index contributed by atoms with van der Waals surface area (Å²) >= 11 is 6.96. The molecule has 2 aromatic rings. The number of aryl methyl sites for hydroxylation is 1. The Kier molecular flexibility index (Phi) is 4.59. The molecule has 110 valence electrons. The molecule has 0 aliphatic heterocycles. The van der Waals surface area contributed by atoms with Gasteiger partial charge in [0, 0.05) is 4.88 Å². The van der Waals surface area contributed by atoms with Gasteiger partial charge in [0.05, 0.1) is 16.1 Å². The lowest BCUT2D eigenvalue weighted by atomic mass is 10.2. The Bertz CT molecular complexity index is 694. The number of amides is 1. The van der Waals surface area contributed by atoms with Gasteiger partial charge < -0.3 is 10.4 Å². The second kappa shape index (κ2) is 6.24. The molecule has 0 saturated heterocycles. The first-order valence-corrected chi connectivity index (χ1v) is 7.24. The smallest absolute Gasteiger partial charge is 0.338 e. The predicted molar refractivity (Wildman–Crippen MR) is 80.0 cm³/mol. The van der Waals surface area contributed by atoms with Crippen LogP contribution < -0.4 is 5.32 Å². The number of hydrogen-bond donors (Lipinski definition) is 2. The molecule has 0 unspecified atom stereocenters. The summed E-state index contributed by atoms with van der Waals surface area (Å²) in [6, 6.07) is 5.39. The Hall–Kier alpha value is -1.92. The number of thiophene rings is 1. The number of rotatable bonds is 4. The second-order valence-corrected chi connectivity index (χ2v) is 5.71. The molecule has 0 spiro atoms. The number of carboxylic acid groups (broad SMARTS) is 1. The van der Waals surface area contributed by atoms with Gasteiger partial charge in [-0.2, -0.15) is 0 Å². The van der Waals surface area contributed by atoms with E-state index in [0.717, 1.165) is 22.3 Å². The lowest BCUT2D eigenvalue weighted by molar-refractivity contribution is 0.0698. The minimum absolute atomic E-state index is 0.0161. The number of anilines is 1. The van der Waals surface area contributed by atoms with Crippen LogP contribution in [0.5, 0.6) is 0 Å². The van der Waals surface area contributed by atoms with E-state index < -0.39 is 17.7 Å². The molecule has 21 heavy (non-hydrogen) atoms. The molecule has 0 aliphatic rings. The lowest BCUT2D eigenvalue weighted by Crippen LogP contribution is -2.15. The van der Waals surface area contributed by atoms with Crippen LogP contribution in [0.2, 0.25) is 5.02 Å². The summed E-state index contributed by atoms with van der Waals surface area (Å²) in [5, 5.41) is 11.7. The highest BCUT2D eigenvalue weighted by Crippen LogP contribution is 2.30. The Balaban J connectivity index is 2.36. The van der Waals surface area contributed by atoms with Gasteiger partial charge in [0.2, 0.25) is 0 Å². The van der Waals surface area contributed by atoms with Crippen molar-refractivity contribution >= 4 is 39.8 Å². The monoisotopic (exact) mass is 327 g/mol. The minimum atomic E-state index is -1.15. The summed E-state index contributed by atoms with van der Waals surface area (Å²) < 4.78 is 13.7. The maximum absolute atomic E-state index is 13.7. The van der Waals surface area contributed by atoms with E-state index in [4.69, 9.17) is 16.7 Å². The zero-order valence-corrected chi connectivity index (χ0v) is 12.5. The third-order valence-corrected chi connectivity index (χ3v) is 4.29. The molecule has 2 rings (SSSR count). The number of carboxylic acids is 1. The van der Waals surface area contributed by atoms with E-state index in [1.807, 2.05) is 6.92 Å². The summed E-state index contributed by atoms with van der Waals surface area (Å²) in [5.41, 5.74) is -0.320. The van der Waals surface area contributed by atoms with Gasteiger partial charge in [-0.15, -0.1) is 11.3 Å². The molecule has 0 saturated carbocycles. The van der Waals surface area contributed by atoms with Gasteiger partial charge in [0.25, 0.3) is 5.91 Å². The molecule has 4 nitrogen and oxygen atoms in total. The number of carbonyl (C=O) groups is 2. The highest BCUT2D eigenvalue weighted by molar-refractivity contribution is 7.16. The van der Waals surface area contributed by atoms with Crippen LogP contribution in [-0.2, 0) is 6.42 Å². The molecule has 1 aromatic heterocycles. The molecule has 2 N–H and O–H groups in total. The third kappa shape index (κ3) is 3.22. The first-order chi connectivity index (χ1) is 9.93. The van der Waals surface area contributed by atoms with Crippen LogP contribution in [0.4, 0.5) is 9.39 Å². The standard InChI is InChI=1S/C14H11ClFNO3S/c1-2-7-6-8(14(19)20)13(21-7)17-12(18)11-9(15)4-3-5-10(11)16/h3-6H,2H2,1H3,(H,17,18)(H,19,20). The molecule has 1 heterocycles. The van der Waals surface area contributed by atoms with Crippen LogP contribution in [0.25, 0.3) is 0 Å². The largest absolute Gasteiger partial charge is 0.478 e. The molecule has 0 atom stereocenters. The molecule has 0 aliphatic carbocycles. The van der Waals surface area contributed by atoms with Crippen molar-refractivity contribution in [3.8, 4) is 0 Å². The quantitative estimate of drug-likeness (QED) is 0.890. The van der Waals surface area contributed by atoms with Crippen LogP contribution in [0.15, 0.2) is 24.3 Å². The zero-order valence-electron chi connectivity index (χ0n) is 10.9. The molecule has 1 amide bonds. The van der Waals surface area contributed by atoms with E-state index in [2.05, 4.69) is 5.32 Å². The van der Waals surface area contributed by atoms with Gasteiger partial charge in [0.15, 0.2) is 0 Å². The highest BCUT2D eigenvalue weighted by atomic mass is 35.5. The van der Waals surface area contributed by atoms with Crippen molar-refractivity contribution in [3.05, 3.63) is 51.1 Å². The second-order valence-electron chi connectivity index (χ2n) is 4.17. The molecule has 7 heteroatoms. The van der Waals surface area contributed by atoms with Crippen LogP contribution in [0.1, 0.15) is 32.5 Å². The number of benzene rings is 1. The Labute approximate surface area is 129 Å². The normalized spacial score (nSPS) is 10.4. The number of hydrogen-bond acceptors (Lipinski definition) is 3. The van der Waals surface area contributed by atoms with Crippen molar-refractivity contribution in [1.82, 2.24) is 0 Å². The van der Waals surface area contributed by atoms with E-state index in [1.165, 1.54) is 18.2 Å².